The first-order chi connectivity index (χ1) is 38.7. The van der Waals surface area contributed by atoms with E-state index in [1.165, 1.54) is 17.3 Å². The van der Waals surface area contributed by atoms with Gasteiger partial charge in [0.05, 0.1) is 58.1 Å². The first kappa shape index (κ1) is 57.3. The van der Waals surface area contributed by atoms with E-state index in [0.29, 0.717) is 23.0 Å². The molecule has 20 nitrogen and oxygen atoms in total. The molecule has 6 aromatic rings. The number of aliphatic hydroxyl groups excluding tert-OH is 1. The Morgan fingerprint density at radius 3 is 2.30 bits per heavy atom. The lowest BCUT2D eigenvalue weighted by atomic mass is 9.85. The average molecular weight is 1150 g/mol. The van der Waals surface area contributed by atoms with E-state index in [1.54, 1.807) is 29.8 Å². The Kier molecular flexibility index (Phi) is 16.9. The number of fused-ring (bicyclic) bond motifs is 1. The number of halogens is 3. The van der Waals surface area contributed by atoms with Crippen LogP contribution >= 0.6 is 11.3 Å². The van der Waals surface area contributed by atoms with Crippen molar-refractivity contribution in [3.63, 3.8) is 0 Å². The number of aromatic amines is 1. The molecule has 0 unspecified atom stereocenters. The molecule has 0 radical (unpaired) electrons. The van der Waals surface area contributed by atoms with Crippen LogP contribution in [-0.4, -0.2) is 177 Å². The number of piperazine rings is 1. The van der Waals surface area contributed by atoms with Crippen molar-refractivity contribution >= 4 is 67.6 Å². The number of carbonyl (C=O) groups excluding carboxylic acids is 4. The van der Waals surface area contributed by atoms with Gasteiger partial charge in [-0.25, -0.2) is 28.1 Å². The highest BCUT2D eigenvalue weighted by molar-refractivity contribution is 7.90. The monoisotopic (exact) mass is 1150 g/mol. The molecule has 4 atom stereocenters. The van der Waals surface area contributed by atoms with Gasteiger partial charge in [0, 0.05) is 94.2 Å². The maximum atomic E-state index is 15.8. The van der Waals surface area contributed by atoms with E-state index in [4.69, 9.17) is 4.98 Å². The number of ketones is 1. The molecule has 4 aliphatic rings. The number of rotatable bonds is 17. The molecule has 25 heteroatoms. The van der Waals surface area contributed by atoms with Gasteiger partial charge in [-0.1, -0.05) is 45.0 Å². The van der Waals surface area contributed by atoms with Gasteiger partial charge in [-0.3, -0.25) is 38.7 Å². The zero-order valence-electron chi connectivity index (χ0n) is 45.5. The minimum atomic E-state index is -4.39. The third-order valence-corrected chi connectivity index (χ3v) is 18.2. The molecule has 0 saturated carbocycles. The first-order valence-electron chi connectivity index (χ1n) is 27.2. The average Bonchev–Trinajstić information content (AvgIpc) is 4.41. The molecule has 4 fully saturated rings. The highest BCUT2D eigenvalue weighted by Gasteiger charge is 2.45. The Morgan fingerprint density at radius 1 is 0.877 bits per heavy atom. The predicted molar refractivity (Wildman–Crippen MR) is 300 cm³/mol. The molecule has 3 amide bonds. The molecule has 0 bridgehead atoms. The number of aromatic nitrogens is 5. The number of β-amino-alcohol motifs (C(OH)–C–C–N with tert-alkyl or cyclic N) is 1. The number of alkyl halides is 1. The normalized spacial score (nSPS) is 20.2. The van der Waals surface area contributed by atoms with Crippen molar-refractivity contribution in [3.05, 3.63) is 107 Å². The van der Waals surface area contributed by atoms with E-state index < -0.39 is 81.1 Å². The van der Waals surface area contributed by atoms with Crippen LogP contribution in [0.25, 0.3) is 32.7 Å². The van der Waals surface area contributed by atoms with Gasteiger partial charge in [0.15, 0.2) is 5.82 Å². The minimum Gasteiger partial charge on any atom is -0.391 e. The quantitative estimate of drug-likeness (QED) is 0.0729. The molecule has 430 valence electrons. The number of thiazole rings is 1. The number of likely N-dealkylation sites (tertiary alicyclic amines) is 2. The number of piperidine rings is 1. The lowest BCUT2D eigenvalue weighted by Gasteiger charge is -2.39. The number of benzene rings is 2. The van der Waals surface area contributed by atoms with Gasteiger partial charge in [0.2, 0.25) is 23.5 Å². The number of carbonyl (C=O) groups is 4. The summed E-state index contributed by atoms with van der Waals surface area (Å²) in [4.78, 5) is 85.4. The molecule has 81 heavy (non-hydrogen) atoms. The number of amides is 3. The number of hydrogen-bond acceptors (Lipinski definition) is 15. The summed E-state index contributed by atoms with van der Waals surface area (Å²) in [5.74, 6) is -3.58. The SMILES string of the molecule is Cc1ncsc1-c1ccc(CNC(=O)[C@@H]2C[C@@H](O)CN2C(=O)[C@@H](NC(=O)CN2CCC(CN3CCN(c4cnc(-c5cnc6[nH]cc(C(=O)c7c(F)ccc(NS(=O)(=O)N8CC[C@@H](F)C8)c7F)c6c5)cn4)CC3)CC2)C(C)(C)C)cc1. The molecule has 0 spiro atoms. The van der Waals surface area contributed by atoms with Crippen LogP contribution in [0, 0.1) is 29.9 Å². The Hall–Kier alpha value is -6.90. The Labute approximate surface area is 471 Å². The number of aryl methyl sites for hydroxylation is 1. The van der Waals surface area contributed by atoms with Crippen LogP contribution in [0.5, 0.6) is 0 Å². The van der Waals surface area contributed by atoms with Crippen molar-refractivity contribution < 1.29 is 45.9 Å². The summed E-state index contributed by atoms with van der Waals surface area (Å²) in [5, 5.41) is 16.9. The van der Waals surface area contributed by atoms with Crippen molar-refractivity contribution in [1.82, 2.24) is 54.6 Å². The summed E-state index contributed by atoms with van der Waals surface area (Å²) in [6, 6.07) is 9.35. The van der Waals surface area contributed by atoms with Gasteiger partial charge in [0.1, 0.15) is 35.5 Å². The van der Waals surface area contributed by atoms with E-state index >= 15 is 8.78 Å². The van der Waals surface area contributed by atoms with Crippen LogP contribution in [0.4, 0.5) is 24.7 Å². The molecule has 10 rings (SSSR count). The molecule has 0 aliphatic carbocycles. The lowest BCUT2D eigenvalue weighted by Crippen LogP contribution is -2.59. The molecule has 5 N–H and O–H groups in total. The third-order valence-electron chi connectivity index (χ3n) is 15.7. The number of aliphatic hydroxyl groups is 1. The third kappa shape index (κ3) is 12.9. The maximum absolute atomic E-state index is 15.8. The van der Waals surface area contributed by atoms with E-state index in [1.807, 2.05) is 62.2 Å². The van der Waals surface area contributed by atoms with Crippen LogP contribution in [0.15, 0.2) is 72.8 Å². The highest BCUT2D eigenvalue weighted by Crippen LogP contribution is 2.33. The molecular weight excluding hydrogens is 1090 g/mol. The lowest BCUT2D eigenvalue weighted by molar-refractivity contribution is -0.144. The smallest absolute Gasteiger partial charge is 0.301 e. The van der Waals surface area contributed by atoms with Crippen LogP contribution in [0.1, 0.15) is 73.6 Å². The van der Waals surface area contributed by atoms with Crippen molar-refractivity contribution in [3.8, 4) is 21.7 Å². The van der Waals surface area contributed by atoms with Gasteiger partial charge in [-0.2, -0.15) is 12.7 Å². The van der Waals surface area contributed by atoms with Gasteiger partial charge >= 0.3 is 10.2 Å². The molecule has 4 saturated heterocycles. The summed E-state index contributed by atoms with van der Waals surface area (Å²) in [7, 11) is -4.39. The van der Waals surface area contributed by atoms with Crippen molar-refractivity contribution in [2.45, 2.75) is 84.3 Å². The van der Waals surface area contributed by atoms with Crippen LogP contribution < -0.4 is 20.3 Å². The van der Waals surface area contributed by atoms with Crippen LogP contribution in [0.2, 0.25) is 0 Å². The number of pyridine rings is 1. The Balaban J connectivity index is 0.678. The van der Waals surface area contributed by atoms with E-state index in [-0.39, 0.29) is 67.4 Å². The fourth-order valence-electron chi connectivity index (χ4n) is 11.1. The minimum absolute atomic E-state index is 0.00604. The summed E-state index contributed by atoms with van der Waals surface area (Å²) in [6.07, 6.45) is 5.74. The summed E-state index contributed by atoms with van der Waals surface area (Å²) in [6.45, 7) is 12.9. The van der Waals surface area contributed by atoms with Crippen molar-refractivity contribution in [2.75, 3.05) is 81.6 Å². The van der Waals surface area contributed by atoms with Crippen LogP contribution in [-0.2, 0) is 31.1 Å². The molecular formula is C56H66F3N13O7S2. The number of hydrogen-bond donors (Lipinski definition) is 5. The van der Waals surface area contributed by atoms with Gasteiger partial charge < -0.3 is 30.5 Å². The van der Waals surface area contributed by atoms with E-state index in [0.717, 1.165) is 96.8 Å². The molecule has 8 heterocycles. The van der Waals surface area contributed by atoms with Gasteiger partial charge in [0.25, 0.3) is 0 Å². The van der Waals surface area contributed by atoms with E-state index in [2.05, 4.69) is 45.3 Å². The Bertz CT molecular complexity index is 3400. The zero-order valence-corrected chi connectivity index (χ0v) is 47.1. The fourth-order valence-corrected chi connectivity index (χ4v) is 13.2. The number of anilines is 2. The summed E-state index contributed by atoms with van der Waals surface area (Å²) < 4.78 is 73.3. The number of nitrogens with one attached hydrogen (secondary N) is 4. The van der Waals surface area contributed by atoms with Crippen LogP contribution in [0.3, 0.4) is 0 Å². The van der Waals surface area contributed by atoms with Gasteiger partial charge in [-0.05, 0) is 79.9 Å². The second kappa shape index (κ2) is 23.9. The summed E-state index contributed by atoms with van der Waals surface area (Å²) in [5.41, 5.74) is 3.49. The topological polar surface area (TPSA) is 242 Å². The molecule has 4 aromatic heterocycles. The second-order valence-corrected chi connectivity index (χ2v) is 25.0. The fraction of sp³-hybridized carbons (Fsp3) is 0.464. The van der Waals surface area contributed by atoms with Crippen molar-refractivity contribution in [1.29, 1.82) is 0 Å². The maximum Gasteiger partial charge on any atom is 0.301 e. The largest absolute Gasteiger partial charge is 0.391 e. The first-order valence-corrected chi connectivity index (χ1v) is 29.5. The highest BCUT2D eigenvalue weighted by atomic mass is 32.2. The van der Waals surface area contributed by atoms with Gasteiger partial charge in [-0.15, -0.1) is 11.3 Å². The van der Waals surface area contributed by atoms with Crippen molar-refractivity contribution in [2.24, 2.45) is 11.3 Å². The zero-order chi connectivity index (χ0) is 57.3. The van der Waals surface area contributed by atoms with E-state index in [9.17, 15) is 37.1 Å². The summed E-state index contributed by atoms with van der Waals surface area (Å²) >= 11 is 1.57. The predicted octanol–water partition coefficient (Wildman–Crippen LogP) is 5.30. The molecule has 4 aliphatic heterocycles. The second-order valence-electron chi connectivity index (χ2n) is 22.5. The number of nitrogens with zero attached hydrogens (tertiary/aromatic N) is 9. The molecule has 2 aromatic carbocycles. The standard InChI is InChI=1S/C56H66F3N13O7S2/c1-33-51(80-32-65-33)36-7-5-34(6-8-36)23-64-54(76)45-22-39(73)30-72(45)55(77)52(56(2,3)4)66-47(74)31-68-14-11-35(12-15-68)28-69-17-19-70(20-18-69)46-27-60-44(26-61-46)37-21-40-41(25-63-53(40)62-24-37)50(75)48-42(58)9-10-43(49(48)59)67-81(78,79)71-16-13-38(57)29-71/h5-10,21,24-27,32,35,38-39,45,52,67,73H,11-20,22-23,28-31H2,1-4H3,(H,62,63)(H,64,76)(H,66,74)/t38-,39-,45+,52-/m1/s1. The number of H-pyrrole nitrogens is 1. The Morgan fingerprint density at radius 2 is 1.63 bits per heavy atom.